The average molecular weight is 245 g/mol. The van der Waals surface area contributed by atoms with Gasteiger partial charge in [-0.3, -0.25) is 4.90 Å². The molecule has 0 saturated heterocycles. The van der Waals surface area contributed by atoms with Gasteiger partial charge in [-0.05, 0) is 50.9 Å². The van der Waals surface area contributed by atoms with Crippen molar-refractivity contribution in [1.29, 1.82) is 0 Å². The van der Waals surface area contributed by atoms with Gasteiger partial charge in [0.15, 0.2) is 0 Å². The van der Waals surface area contributed by atoms with Crippen molar-refractivity contribution in [2.24, 2.45) is 0 Å². The smallest absolute Gasteiger partial charge is 0.115 e. The number of phenolic OH excluding ortho intramolecular Hbond substituents is 1. The molecule has 0 aromatic heterocycles. The van der Waals surface area contributed by atoms with Crippen LogP contribution in [0.3, 0.4) is 0 Å². The third-order valence-electron chi connectivity index (χ3n) is 4.07. The van der Waals surface area contributed by atoms with Crippen molar-refractivity contribution >= 4 is 0 Å². The number of aromatic hydroxyl groups is 1. The Morgan fingerprint density at radius 2 is 1.94 bits per heavy atom. The first-order valence-electron chi connectivity index (χ1n) is 6.78. The summed E-state index contributed by atoms with van der Waals surface area (Å²) in [5.74, 6) is 0.346. The monoisotopic (exact) mass is 245 g/mol. The van der Waals surface area contributed by atoms with Crippen LogP contribution in [0.4, 0.5) is 0 Å². The molecule has 1 aromatic carbocycles. The van der Waals surface area contributed by atoms with Crippen LogP contribution in [-0.4, -0.2) is 29.6 Å². The van der Waals surface area contributed by atoms with Gasteiger partial charge >= 0.3 is 0 Å². The molecule has 0 amide bonds. The summed E-state index contributed by atoms with van der Waals surface area (Å²) in [5, 5.41) is 9.33. The van der Waals surface area contributed by atoms with Crippen molar-refractivity contribution in [3.63, 3.8) is 0 Å². The molecule has 1 N–H and O–H groups in total. The van der Waals surface area contributed by atoms with Crippen LogP contribution in [0, 0.1) is 0 Å². The summed E-state index contributed by atoms with van der Waals surface area (Å²) in [4.78, 5) is 2.46. The zero-order valence-corrected chi connectivity index (χ0v) is 11.6. The van der Waals surface area contributed by atoms with Crippen LogP contribution in [0.5, 0.6) is 5.75 Å². The molecule has 2 rings (SSSR count). The molecule has 1 heterocycles. The number of phenols is 1. The molecule has 0 spiro atoms. The Kier molecular flexibility index (Phi) is 4.07. The first-order chi connectivity index (χ1) is 8.61. The van der Waals surface area contributed by atoms with Crippen LogP contribution >= 0.6 is 0 Å². The highest BCUT2D eigenvalue weighted by molar-refractivity contribution is 5.30. The van der Waals surface area contributed by atoms with E-state index >= 15 is 0 Å². The molecule has 0 aliphatic carbocycles. The summed E-state index contributed by atoms with van der Waals surface area (Å²) in [6.45, 7) is 5.68. The fourth-order valence-corrected chi connectivity index (χ4v) is 2.88. The summed E-state index contributed by atoms with van der Waals surface area (Å²) < 4.78 is 0. The Bertz CT molecular complexity index is 433. The SMILES string of the molecule is CCC1=C(C)CCN(C)[C@@H]1Cc1ccc(O)cc1. The zero-order valence-electron chi connectivity index (χ0n) is 11.6. The van der Waals surface area contributed by atoms with Crippen molar-refractivity contribution in [2.45, 2.75) is 39.2 Å². The quantitative estimate of drug-likeness (QED) is 0.825. The molecule has 1 aliphatic rings. The number of rotatable bonds is 3. The number of nitrogens with zero attached hydrogens (tertiary/aromatic N) is 1. The Hall–Kier alpha value is -1.28. The molecule has 0 bridgehead atoms. The molecule has 1 aromatic rings. The lowest BCUT2D eigenvalue weighted by atomic mass is 9.88. The van der Waals surface area contributed by atoms with Gasteiger partial charge in [-0.25, -0.2) is 0 Å². The van der Waals surface area contributed by atoms with E-state index in [-0.39, 0.29) is 0 Å². The van der Waals surface area contributed by atoms with Gasteiger partial charge in [0.25, 0.3) is 0 Å². The molecule has 1 aliphatic heterocycles. The van der Waals surface area contributed by atoms with Crippen molar-refractivity contribution < 1.29 is 5.11 Å². The maximum Gasteiger partial charge on any atom is 0.115 e. The Balaban J connectivity index is 2.20. The third kappa shape index (κ3) is 2.75. The molecular weight excluding hydrogens is 222 g/mol. The lowest BCUT2D eigenvalue weighted by Gasteiger charge is -2.36. The summed E-state index contributed by atoms with van der Waals surface area (Å²) in [6.07, 6.45) is 3.38. The first-order valence-corrected chi connectivity index (χ1v) is 6.78. The van der Waals surface area contributed by atoms with Crippen molar-refractivity contribution in [2.75, 3.05) is 13.6 Å². The van der Waals surface area contributed by atoms with Crippen LogP contribution in [0.15, 0.2) is 35.4 Å². The summed E-state index contributed by atoms with van der Waals surface area (Å²) in [7, 11) is 2.22. The van der Waals surface area contributed by atoms with Gasteiger partial charge in [-0.15, -0.1) is 0 Å². The lowest BCUT2D eigenvalue weighted by Crippen LogP contribution is -2.39. The molecule has 0 radical (unpaired) electrons. The first kappa shape index (κ1) is 13.2. The average Bonchev–Trinajstić information content (AvgIpc) is 2.37. The fraction of sp³-hybridized carbons (Fsp3) is 0.500. The zero-order chi connectivity index (χ0) is 13.1. The minimum atomic E-state index is 0.346. The van der Waals surface area contributed by atoms with Gasteiger partial charge < -0.3 is 5.11 Å². The van der Waals surface area contributed by atoms with E-state index in [0.717, 1.165) is 19.4 Å². The highest BCUT2D eigenvalue weighted by atomic mass is 16.3. The minimum Gasteiger partial charge on any atom is -0.508 e. The lowest BCUT2D eigenvalue weighted by molar-refractivity contribution is 0.251. The van der Waals surface area contributed by atoms with E-state index < -0.39 is 0 Å². The van der Waals surface area contributed by atoms with E-state index in [1.165, 1.54) is 12.0 Å². The number of hydrogen-bond donors (Lipinski definition) is 1. The van der Waals surface area contributed by atoms with Crippen LogP contribution < -0.4 is 0 Å². The summed E-state index contributed by atoms with van der Waals surface area (Å²) in [6, 6.07) is 8.13. The van der Waals surface area contributed by atoms with Crippen LogP contribution in [0.25, 0.3) is 0 Å². The van der Waals surface area contributed by atoms with Crippen molar-refractivity contribution in [3.05, 3.63) is 41.0 Å². The van der Waals surface area contributed by atoms with Crippen molar-refractivity contribution in [3.8, 4) is 5.75 Å². The maximum absolute atomic E-state index is 9.33. The molecule has 0 fully saturated rings. The number of hydrogen-bond acceptors (Lipinski definition) is 2. The second kappa shape index (κ2) is 5.57. The van der Waals surface area contributed by atoms with Crippen LogP contribution in [0.1, 0.15) is 32.3 Å². The van der Waals surface area contributed by atoms with Crippen LogP contribution in [-0.2, 0) is 6.42 Å². The topological polar surface area (TPSA) is 23.5 Å². The van der Waals surface area contributed by atoms with Gasteiger partial charge in [0, 0.05) is 12.6 Å². The Morgan fingerprint density at radius 3 is 2.56 bits per heavy atom. The van der Waals surface area contributed by atoms with E-state index in [1.54, 1.807) is 23.3 Å². The Labute approximate surface area is 110 Å². The van der Waals surface area contributed by atoms with Gasteiger partial charge in [0.1, 0.15) is 5.75 Å². The van der Waals surface area contributed by atoms with Crippen molar-refractivity contribution in [1.82, 2.24) is 4.90 Å². The van der Waals surface area contributed by atoms with Gasteiger partial charge in [0.2, 0.25) is 0 Å². The van der Waals surface area contributed by atoms with E-state index in [9.17, 15) is 5.11 Å². The third-order valence-corrected chi connectivity index (χ3v) is 4.07. The maximum atomic E-state index is 9.33. The standard InChI is InChI=1S/C16H23NO/c1-4-15-12(2)9-10-17(3)16(15)11-13-5-7-14(18)8-6-13/h5-8,16,18H,4,9-11H2,1-3H3/t16-/m1/s1. The fourth-order valence-electron chi connectivity index (χ4n) is 2.88. The molecule has 1 atom stereocenters. The predicted octanol–water partition coefficient (Wildman–Crippen LogP) is 3.37. The highest BCUT2D eigenvalue weighted by Crippen LogP contribution is 2.27. The molecule has 0 unspecified atom stereocenters. The second-order valence-corrected chi connectivity index (χ2v) is 5.28. The van der Waals surface area contributed by atoms with E-state index in [1.807, 2.05) is 12.1 Å². The van der Waals surface area contributed by atoms with Gasteiger partial charge in [-0.1, -0.05) is 30.2 Å². The Morgan fingerprint density at radius 1 is 1.28 bits per heavy atom. The van der Waals surface area contributed by atoms with Gasteiger partial charge in [0.05, 0.1) is 0 Å². The minimum absolute atomic E-state index is 0.346. The van der Waals surface area contributed by atoms with Gasteiger partial charge in [-0.2, -0.15) is 0 Å². The number of benzene rings is 1. The normalized spacial score (nSPS) is 21.4. The van der Waals surface area contributed by atoms with E-state index in [2.05, 4.69) is 25.8 Å². The highest BCUT2D eigenvalue weighted by Gasteiger charge is 2.24. The molecule has 0 saturated carbocycles. The predicted molar refractivity (Wildman–Crippen MR) is 75.8 cm³/mol. The van der Waals surface area contributed by atoms with E-state index in [0.29, 0.717) is 11.8 Å². The number of likely N-dealkylation sites (N-methyl/N-ethyl adjacent to an activating group) is 1. The van der Waals surface area contributed by atoms with E-state index in [4.69, 9.17) is 0 Å². The second-order valence-electron chi connectivity index (χ2n) is 5.28. The molecular formula is C16H23NO. The summed E-state index contributed by atoms with van der Waals surface area (Å²) in [5.41, 5.74) is 4.46. The molecule has 98 valence electrons. The largest absolute Gasteiger partial charge is 0.508 e. The molecule has 18 heavy (non-hydrogen) atoms. The van der Waals surface area contributed by atoms with Crippen LogP contribution in [0.2, 0.25) is 0 Å². The molecule has 2 heteroatoms. The molecule has 2 nitrogen and oxygen atoms in total. The summed E-state index contributed by atoms with van der Waals surface area (Å²) >= 11 is 0.